The van der Waals surface area contributed by atoms with E-state index < -0.39 is 20.6 Å². The summed E-state index contributed by atoms with van der Waals surface area (Å²) in [6.45, 7) is 1.56. The zero-order valence-electron chi connectivity index (χ0n) is 15.3. The highest BCUT2D eigenvalue weighted by Crippen LogP contribution is 2.47. The third-order valence-electron chi connectivity index (χ3n) is 4.85. The van der Waals surface area contributed by atoms with Gasteiger partial charge >= 0.3 is 0 Å². The Kier molecular flexibility index (Phi) is 5.54. The van der Waals surface area contributed by atoms with Crippen LogP contribution in [0.2, 0.25) is 0 Å². The number of anilines is 3. The predicted octanol–water partition coefficient (Wildman–Crippen LogP) is 3.04. The van der Waals surface area contributed by atoms with Gasteiger partial charge < -0.3 is 10.1 Å². The lowest BCUT2D eigenvalue weighted by Gasteiger charge is -2.21. The summed E-state index contributed by atoms with van der Waals surface area (Å²) in [6, 6.07) is 5.92. The number of pyridine rings is 1. The molecule has 7 nitrogen and oxygen atoms in total. The number of aldehydes is 1. The highest BCUT2D eigenvalue weighted by molar-refractivity contribution is 14.1. The van der Waals surface area contributed by atoms with Crippen molar-refractivity contribution in [2.45, 2.75) is 30.9 Å². The SMILES string of the molecule is Cc1cc(NS(=O)(=O)C2(CC=O)CC2)c(Nc2ccc(I)cc2F)n(C)c1=O. The third kappa shape index (κ3) is 3.79. The van der Waals surface area contributed by atoms with Gasteiger partial charge in [0.15, 0.2) is 0 Å². The van der Waals surface area contributed by atoms with Gasteiger partial charge in [0, 0.05) is 22.6 Å². The number of benzene rings is 1. The second-order valence-electron chi connectivity index (χ2n) is 6.86. The molecule has 1 aliphatic carbocycles. The number of halogens is 2. The van der Waals surface area contributed by atoms with Crippen LogP contribution in [-0.4, -0.2) is 24.0 Å². The van der Waals surface area contributed by atoms with E-state index in [9.17, 15) is 22.4 Å². The van der Waals surface area contributed by atoms with Crippen LogP contribution in [-0.2, 0) is 21.9 Å². The highest BCUT2D eigenvalue weighted by atomic mass is 127. The Bertz CT molecular complexity index is 1110. The molecule has 0 amide bonds. The van der Waals surface area contributed by atoms with Crippen LogP contribution in [0.25, 0.3) is 0 Å². The third-order valence-corrected chi connectivity index (χ3v) is 7.73. The summed E-state index contributed by atoms with van der Waals surface area (Å²) < 4.78 is 43.3. The van der Waals surface area contributed by atoms with Gasteiger partial charge in [-0.25, -0.2) is 12.8 Å². The van der Waals surface area contributed by atoms with E-state index in [0.29, 0.717) is 28.3 Å². The minimum absolute atomic E-state index is 0.0956. The van der Waals surface area contributed by atoms with Crippen LogP contribution < -0.4 is 15.6 Å². The second kappa shape index (κ2) is 7.47. The van der Waals surface area contributed by atoms with E-state index in [0.717, 1.165) is 0 Å². The van der Waals surface area contributed by atoms with E-state index >= 15 is 0 Å². The van der Waals surface area contributed by atoms with E-state index in [1.54, 1.807) is 13.0 Å². The lowest BCUT2D eigenvalue weighted by molar-refractivity contribution is -0.107. The second-order valence-corrected chi connectivity index (χ2v) is 10.2. The molecule has 0 radical (unpaired) electrons. The normalized spacial score (nSPS) is 15.1. The number of carbonyl (C=O) groups is 1. The quantitative estimate of drug-likeness (QED) is 0.433. The smallest absolute Gasteiger partial charge is 0.254 e. The van der Waals surface area contributed by atoms with Crippen molar-refractivity contribution < 1.29 is 17.6 Å². The van der Waals surface area contributed by atoms with Crippen molar-refractivity contribution >= 4 is 56.1 Å². The molecular formula is C18H19FIN3O4S. The van der Waals surface area contributed by atoms with Crippen molar-refractivity contribution in [2.75, 3.05) is 10.0 Å². The van der Waals surface area contributed by atoms with Gasteiger partial charge in [-0.15, -0.1) is 0 Å². The average Bonchev–Trinajstić information content (AvgIpc) is 3.40. The molecular weight excluding hydrogens is 500 g/mol. The molecule has 0 atom stereocenters. The van der Waals surface area contributed by atoms with Crippen LogP contribution in [0.15, 0.2) is 29.1 Å². The molecule has 1 fully saturated rings. The number of carbonyl (C=O) groups excluding carboxylic acids is 1. The number of nitrogens with zero attached hydrogens (tertiary/aromatic N) is 1. The molecule has 0 aliphatic heterocycles. The molecule has 2 N–H and O–H groups in total. The summed E-state index contributed by atoms with van der Waals surface area (Å²) in [6.07, 6.45) is 1.28. The lowest BCUT2D eigenvalue weighted by atomic mass is 10.2. The van der Waals surface area contributed by atoms with Gasteiger partial charge in [0.1, 0.15) is 17.9 Å². The fourth-order valence-electron chi connectivity index (χ4n) is 2.97. The molecule has 0 bridgehead atoms. The van der Waals surface area contributed by atoms with Crippen molar-refractivity contribution in [1.29, 1.82) is 0 Å². The molecule has 0 spiro atoms. The molecule has 28 heavy (non-hydrogen) atoms. The van der Waals surface area contributed by atoms with Crippen LogP contribution in [0.1, 0.15) is 24.8 Å². The number of aromatic nitrogens is 1. The van der Waals surface area contributed by atoms with Gasteiger partial charge in [-0.2, -0.15) is 0 Å². The Hall–Kier alpha value is -1.95. The van der Waals surface area contributed by atoms with Crippen LogP contribution >= 0.6 is 22.6 Å². The number of rotatable bonds is 7. The molecule has 10 heteroatoms. The first-order valence-electron chi connectivity index (χ1n) is 8.49. The molecule has 1 aliphatic rings. The van der Waals surface area contributed by atoms with Crippen molar-refractivity contribution in [1.82, 2.24) is 4.57 Å². The van der Waals surface area contributed by atoms with Crippen molar-refractivity contribution in [3.63, 3.8) is 0 Å². The molecule has 0 saturated heterocycles. The van der Waals surface area contributed by atoms with Gasteiger partial charge in [0.25, 0.3) is 5.56 Å². The van der Waals surface area contributed by atoms with Gasteiger partial charge in [-0.05, 0) is 66.6 Å². The maximum absolute atomic E-state index is 14.3. The van der Waals surface area contributed by atoms with E-state index in [1.807, 2.05) is 22.6 Å². The summed E-state index contributed by atoms with van der Waals surface area (Å²) in [5, 5.41) is 2.82. The van der Waals surface area contributed by atoms with Crippen molar-refractivity contribution in [3.8, 4) is 0 Å². The molecule has 1 aromatic carbocycles. The Balaban J connectivity index is 2.06. The lowest BCUT2D eigenvalue weighted by Crippen LogP contribution is -2.32. The molecule has 150 valence electrons. The van der Waals surface area contributed by atoms with Crippen molar-refractivity contribution in [3.05, 3.63) is 49.6 Å². The molecule has 2 aromatic rings. The van der Waals surface area contributed by atoms with Crippen LogP contribution in [0, 0.1) is 16.3 Å². The summed E-state index contributed by atoms with van der Waals surface area (Å²) >= 11 is 1.97. The minimum Gasteiger partial charge on any atom is -0.337 e. The number of hydrogen-bond donors (Lipinski definition) is 2. The fraction of sp³-hybridized carbons (Fsp3) is 0.333. The monoisotopic (exact) mass is 519 g/mol. The van der Waals surface area contributed by atoms with Gasteiger partial charge in [0.05, 0.1) is 16.1 Å². The molecule has 1 saturated carbocycles. The van der Waals surface area contributed by atoms with E-state index in [2.05, 4.69) is 10.0 Å². The molecule has 0 unspecified atom stereocenters. The molecule has 3 rings (SSSR count). The number of nitrogens with one attached hydrogen (secondary N) is 2. The van der Waals surface area contributed by atoms with E-state index in [4.69, 9.17) is 0 Å². The van der Waals surface area contributed by atoms with E-state index in [1.165, 1.54) is 29.8 Å². The summed E-state index contributed by atoms with van der Waals surface area (Å²) in [7, 11) is -2.40. The van der Waals surface area contributed by atoms with Crippen LogP contribution in [0.3, 0.4) is 0 Å². The summed E-state index contributed by atoms with van der Waals surface area (Å²) in [5.41, 5.74) is 0.211. The maximum Gasteiger partial charge on any atom is 0.254 e. The first kappa shape index (κ1) is 20.8. The number of aryl methyl sites for hydroxylation is 1. The Morgan fingerprint density at radius 3 is 2.54 bits per heavy atom. The van der Waals surface area contributed by atoms with Crippen LogP contribution in [0.4, 0.5) is 21.6 Å². The topological polar surface area (TPSA) is 97.3 Å². The Morgan fingerprint density at radius 2 is 1.96 bits per heavy atom. The Labute approximate surface area is 175 Å². The standard InChI is InChI=1S/C18H19FIN3O4S/c1-11-9-15(22-28(26,27)18(5-6-18)7-8-24)16(23(2)17(11)25)21-14-4-3-12(20)10-13(14)19/h3-4,8-10,21-22H,5-7H2,1-2H3. The van der Waals surface area contributed by atoms with Crippen LogP contribution in [0.5, 0.6) is 0 Å². The van der Waals surface area contributed by atoms with Gasteiger partial charge in [-0.3, -0.25) is 14.1 Å². The zero-order valence-corrected chi connectivity index (χ0v) is 18.2. The van der Waals surface area contributed by atoms with Gasteiger partial charge in [-0.1, -0.05) is 0 Å². The highest BCUT2D eigenvalue weighted by Gasteiger charge is 2.54. The van der Waals surface area contributed by atoms with Gasteiger partial charge in [0.2, 0.25) is 10.0 Å². The first-order valence-corrected chi connectivity index (χ1v) is 11.1. The predicted molar refractivity (Wildman–Crippen MR) is 114 cm³/mol. The van der Waals surface area contributed by atoms with Crippen molar-refractivity contribution in [2.24, 2.45) is 7.05 Å². The molecule has 1 aromatic heterocycles. The largest absolute Gasteiger partial charge is 0.337 e. The first-order chi connectivity index (χ1) is 13.1. The minimum atomic E-state index is -3.87. The fourth-order valence-corrected chi connectivity index (χ4v) is 5.01. The zero-order chi connectivity index (χ0) is 20.7. The Morgan fingerprint density at radius 1 is 1.29 bits per heavy atom. The molecule has 1 heterocycles. The van der Waals surface area contributed by atoms with E-state index in [-0.39, 0.29) is 29.2 Å². The maximum atomic E-state index is 14.3. The number of hydrogen-bond acceptors (Lipinski definition) is 5. The average molecular weight is 519 g/mol. The summed E-state index contributed by atoms with van der Waals surface area (Å²) in [4.78, 5) is 23.2. The number of sulfonamides is 1. The summed E-state index contributed by atoms with van der Waals surface area (Å²) in [5.74, 6) is -0.422.